The van der Waals surface area contributed by atoms with E-state index in [1.807, 2.05) is 0 Å². The summed E-state index contributed by atoms with van der Waals surface area (Å²) in [5.74, 6) is 1.48. The molecule has 0 saturated heterocycles. The largest absolute Gasteiger partial charge is 0.341 e. The predicted molar refractivity (Wildman–Crippen MR) is 85.2 cm³/mol. The summed E-state index contributed by atoms with van der Waals surface area (Å²) in [6.45, 7) is 0.566. The van der Waals surface area contributed by atoms with E-state index in [2.05, 4.69) is 47.4 Å². The van der Waals surface area contributed by atoms with Crippen molar-refractivity contribution in [2.24, 2.45) is 5.73 Å². The average Bonchev–Trinajstić information content (AvgIpc) is 2.97. The third kappa shape index (κ3) is 2.14. The summed E-state index contributed by atoms with van der Waals surface area (Å²) < 4.78 is 0. The number of fused-ring (bicyclic) bond motifs is 2. The molecule has 4 rings (SSSR count). The van der Waals surface area contributed by atoms with E-state index in [1.165, 1.54) is 30.4 Å². The van der Waals surface area contributed by atoms with Crippen molar-refractivity contribution in [3.05, 3.63) is 65.0 Å². The van der Waals surface area contributed by atoms with Crippen LogP contribution in [0.1, 0.15) is 41.3 Å². The number of benzene rings is 2. The van der Waals surface area contributed by atoms with Crippen molar-refractivity contribution in [2.75, 3.05) is 0 Å². The van der Waals surface area contributed by atoms with Gasteiger partial charge in [0.1, 0.15) is 5.82 Å². The van der Waals surface area contributed by atoms with Gasteiger partial charge < -0.3 is 10.7 Å². The fourth-order valence-corrected chi connectivity index (χ4v) is 3.41. The lowest BCUT2D eigenvalue weighted by atomic mass is 9.82. The molecular weight excluding hydrogens is 258 g/mol. The summed E-state index contributed by atoms with van der Waals surface area (Å²) in [4.78, 5) is 8.33. The molecule has 3 nitrogen and oxygen atoms in total. The molecule has 0 radical (unpaired) electrons. The van der Waals surface area contributed by atoms with Gasteiger partial charge >= 0.3 is 0 Å². The first-order valence-electron chi connectivity index (χ1n) is 7.61. The zero-order chi connectivity index (χ0) is 14.2. The first-order chi connectivity index (χ1) is 10.3. The molecule has 1 aromatic heterocycles. The number of aromatic amines is 1. The summed E-state index contributed by atoms with van der Waals surface area (Å²) >= 11 is 0. The summed E-state index contributed by atoms with van der Waals surface area (Å²) in [5, 5.41) is 0. The molecule has 3 N–H and O–H groups in total. The molecule has 3 aromatic rings. The maximum absolute atomic E-state index is 5.72. The van der Waals surface area contributed by atoms with Crippen molar-refractivity contribution in [1.29, 1.82) is 0 Å². The standard InChI is InChI=1S/C18H19N3/c19-11-12-8-9-16-17(10-12)21-18(20-16)15-7-3-5-13-4-1-2-6-14(13)15/h1-2,4,6,8-10,15H,3,5,7,11,19H2,(H,20,21). The molecule has 1 unspecified atom stereocenters. The number of nitrogens with two attached hydrogens (primary N) is 1. The Morgan fingerprint density at radius 2 is 2.10 bits per heavy atom. The van der Waals surface area contributed by atoms with Crippen molar-refractivity contribution >= 4 is 11.0 Å². The maximum Gasteiger partial charge on any atom is 0.114 e. The highest BCUT2D eigenvalue weighted by Crippen LogP contribution is 2.35. The molecule has 0 saturated carbocycles. The first kappa shape index (κ1) is 12.6. The van der Waals surface area contributed by atoms with Gasteiger partial charge in [-0.2, -0.15) is 0 Å². The minimum atomic E-state index is 0.392. The number of aromatic nitrogens is 2. The van der Waals surface area contributed by atoms with Crippen LogP contribution in [0.25, 0.3) is 11.0 Å². The molecular formula is C18H19N3. The van der Waals surface area contributed by atoms with Gasteiger partial charge in [0.15, 0.2) is 0 Å². The van der Waals surface area contributed by atoms with E-state index in [9.17, 15) is 0 Å². The van der Waals surface area contributed by atoms with Crippen LogP contribution >= 0.6 is 0 Å². The molecule has 0 aliphatic heterocycles. The Bertz CT molecular complexity index is 788. The molecule has 1 heterocycles. The Morgan fingerprint density at radius 3 is 3.00 bits per heavy atom. The van der Waals surface area contributed by atoms with E-state index in [0.29, 0.717) is 12.5 Å². The van der Waals surface area contributed by atoms with Gasteiger partial charge in [0.25, 0.3) is 0 Å². The van der Waals surface area contributed by atoms with E-state index < -0.39 is 0 Å². The normalized spacial score (nSPS) is 17.9. The van der Waals surface area contributed by atoms with E-state index in [4.69, 9.17) is 10.7 Å². The number of imidazole rings is 1. The second-order valence-corrected chi connectivity index (χ2v) is 5.82. The van der Waals surface area contributed by atoms with Crippen LogP contribution in [0.4, 0.5) is 0 Å². The molecule has 2 aromatic carbocycles. The molecule has 21 heavy (non-hydrogen) atoms. The number of rotatable bonds is 2. The lowest BCUT2D eigenvalue weighted by Gasteiger charge is -2.23. The average molecular weight is 277 g/mol. The van der Waals surface area contributed by atoms with Crippen molar-refractivity contribution < 1.29 is 0 Å². The second-order valence-electron chi connectivity index (χ2n) is 5.82. The van der Waals surface area contributed by atoms with Gasteiger partial charge in [0, 0.05) is 12.5 Å². The molecule has 1 aliphatic carbocycles. The molecule has 0 amide bonds. The van der Waals surface area contributed by atoms with Crippen LogP contribution in [-0.2, 0) is 13.0 Å². The van der Waals surface area contributed by atoms with Crippen LogP contribution < -0.4 is 5.73 Å². The zero-order valence-electron chi connectivity index (χ0n) is 12.0. The monoisotopic (exact) mass is 277 g/mol. The lowest BCUT2D eigenvalue weighted by Crippen LogP contribution is -2.12. The third-order valence-corrected chi connectivity index (χ3v) is 4.50. The van der Waals surface area contributed by atoms with E-state index in [1.54, 1.807) is 0 Å². The van der Waals surface area contributed by atoms with Gasteiger partial charge in [-0.1, -0.05) is 30.3 Å². The number of aryl methyl sites for hydroxylation is 1. The quantitative estimate of drug-likeness (QED) is 0.753. The predicted octanol–water partition coefficient (Wildman–Crippen LogP) is 3.49. The zero-order valence-corrected chi connectivity index (χ0v) is 12.0. The van der Waals surface area contributed by atoms with E-state index >= 15 is 0 Å². The number of hydrogen-bond acceptors (Lipinski definition) is 2. The molecule has 0 fully saturated rings. The van der Waals surface area contributed by atoms with Crippen molar-refractivity contribution in [3.8, 4) is 0 Å². The molecule has 106 valence electrons. The SMILES string of the molecule is NCc1ccc2nc(C3CCCc4ccccc43)[nH]c2c1. The van der Waals surface area contributed by atoms with Crippen LogP contribution in [0.15, 0.2) is 42.5 Å². The topological polar surface area (TPSA) is 54.7 Å². The third-order valence-electron chi connectivity index (χ3n) is 4.50. The highest BCUT2D eigenvalue weighted by Gasteiger charge is 2.23. The maximum atomic E-state index is 5.72. The number of H-pyrrole nitrogens is 1. The number of nitrogens with zero attached hydrogens (tertiary/aromatic N) is 1. The molecule has 3 heteroatoms. The van der Waals surface area contributed by atoms with Gasteiger partial charge in [-0.25, -0.2) is 4.98 Å². The summed E-state index contributed by atoms with van der Waals surface area (Å²) in [6.07, 6.45) is 3.58. The van der Waals surface area contributed by atoms with E-state index in [0.717, 1.165) is 22.4 Å². The summed E-state index contributed by atoms with van der Waals surface area (Å²) in [5.41, 5.74) is 11.9. The molecule has 0 spiro atoms. The van der Waals surface area contributed by atoms with Crippen molar-refractivity contribution in [3.63, 3.8) is 0 Å². The summed E-state index contributed by atoms with van der Waals surface area (Å²) in [6, 6.07) is 15.0. The van der Waals surface area contributed by atoms with E-state index in [-0.39, 0.29) is 0 Å². The van der Waals surface area contributed by atoms with Crippen molar-refractivity contribution in [1.82, 2.24) is 9.97 Å². The number of hydrogen-bond donors (Lipinski definition) is 2. The van der Waals surface area contributed by atoms with Gasteiger partial charge in [0.05, 0.1) is 11.0 Å². The van der Waals surface area contributed by atoms with Crippen LogP contribution in [0, 0.1) is 0 Å². The lowest BCUT2D eigenvalue weighted by molar-refractivity contribution is 0.596. The Morgan fingerprint density at radius 1 is 1.19 bits per heavy atom. The fourth-order valence-electron chi connectivity index (χ4n) is 3.41. The Kier molecular flexibility index (Phi) is 3.00. The van der Waals surface area contributed by atoms with Crippen LogP contribution in [-0.4, -0.2) is 9.97 Å². The minimum absolute atomic E-state index is 0.392. The Hall–Kier alpha value is -2.13. The van der Waals surface area contributed by atoms with Gasteiger partial charge in [0.2, 0.25) is 0 Å². The molecule has 1 atom stereocenters. The molecule has 1 aliphatic rings. The summed E-state index contributed by atoms with van der Waals surface area (Å²) in [7, 11) is 0. The smallest absolute Gasteiger partial charge is 0.114 e. The number of nitrogens with one attached hydrogen (secondary N) is 1. The van der Waals surface area contributed by atoms with Crippen molar-refractivity contribution in [2.45, 2.75) is 31.7 Å². The van der Waals surface area contributed by atoms with Crippen LogP contribution in [0.3, 0.4) is 0 Å². The van der Waals surface area contributed by atoms with Gasteiger partial charge in [-0.15, -0.1) is 0 Å². The minimum Gasteiger partial charge on any atom is -0.341 e. The van der Waals surface area contributed by atoms with Gasteiger partial charge in [-0.05, 0) is 48.1 Å². The Labute approximate surface area is 124 Å². The van der Waals surface area contributed by atoms with Crippen LogP contribution in [0.2, 0.25) is 0 Å². The highest BCUT2D eigenvalue weighted by molar-refractivity contribution is 5.76. The Balaban J connectivity index is 1.80. The van der Waals surface area contributed by atoms with Gasteiger partial charge in [-0.3, -0.25) is 0 Å². The second kappa shape index (κ2) is 5.01. The molecule has 0 bridgehead atoms. The first-order valence-corrected chi connectivity index (χ1v) is 7.61. The van der Waals surface area contributed by atoms with Crippen LogP contribution in [0.5, 0.6) is 0 Å². The highest BCUT2D eigenvalue weighted by atomic mass is 14.9. The fraction of sp³-hybridized carbons (Fsp3) is 0.278.